The third kappa shape index (κ3) is 4.89. The monoisotopic (exact) mass is 286 g/mol. The highest BCUT2D eigenvalue weighted by Gasteiger charge is 2.04. The number of unbranched alkanes of at least 4 members (excludes halogenated alkanes) is 6. The van der Waals surface area contributed by atoms with Crippen molar-refractivity contribution in [1.29, 1.82) is 0 Å². The van der Waals surface area contributed by atoms with E-state index in [-0.39, 0.29) is 0 Å². The molecular weight excluding hydrogens is 256 g/mol. The molecule has 116 valence electrons. The van der Waals surface area contributed by atoms with Gasteiger partial charge >= 0.3 is 0 Å². The Balaban J connectivity index is 1.80. The van der Waals surface area contributed by atoms with Gasteiger partial charge in [0.1, 0.15) is 0 Å². The third-order valence-corrected chi connectivity index (χ3v) is 4.31. The fourth-order valence-electron chi connectivity index (χ4n) is 3.03. The Bertz CT molecular complexity index is 527. The minimum atomic E-state index is 0.717. The molecule has 2 heteroatoms. The van der Waals surface area contributed by atoms with Gasteiger partial charge in [0.25, 0.3) is 0 Å². The maximum absolute atomic E-state index is 5.68. The van der Waals surface area contributed by atoms with E-state index in [1.165, 1.54) is 73.4 Å². The standard InChI is InChI=1S/C19H30N2/c1-2-3-4-5-6-7-8-9-16-10-11-19-18(14-16)17(12-13-20)15-21-19/h10-11,14-15,21H,2-9,12-13,20H2,1H3. The minimum Gasteiger partial charge on any atom is -0.361 e. The Kier molecular flexibility index (Phi) is 6.81. The molecule has 0 aliphatic heterocycles. The number of nitrogens with two attached hydrogens (primary N) is 1. The van der Waals surface area contributed by atoms with Gasteiger partial charge in [0.2, 0.25) is 0 Å². The molecule has 0 atom stereocenters. The van der Waals surface area contributed by atoms with Crippen LogP contribution in [0.2, 0.25) is 0 Å². The number of aryl methyl sites for hydroxylation is 1. The van der Waals surface area contributed by atoms with E-state index in [0.717, 1.165) is 13.0 Å². The van der Waals surface area contributed by atoms with Gasteiger partial charge in [0, 0.05) is 17.1 Å². The molecule has 0 radical (unpaired) electrons. The van der Waals surface area contributed by atoms with Crippen molar-refractivity contribution >= 4 is 10.9 Å². The van der Waals surface area contributed by atoms with Crippen LogP contribution in [0.25, 0.3) is 10.9 Å². The van der Waals surface area contributed by atoms with E-state index in [9.17, 15) is 0 Å². The molecule has 3 N–H and O–H groups in total. The van der Waals surface area contributed by atoms with Gasteiger partial charge < -0.3 is 10.7 Å². The second-order valence-corrected chi connectivity index (χ2v) is 6.10. The zero-order valence-electron chi connectivity index (χ0n) is 13.5. The van der Waals surface area contributed by atoms with Crippen LogP contribution in [0.3, 0.4) is 0 Å². The van der Waals surface area contributed by atoms with E-state index in [1.54, 1.807) is 0 Å². The molecule has 0 unspecified atom stereocenters. The first-order valence-corrected chi connectivity index (χ1v) is 8.64. The summed E-state index contributed by atoms with van der Waals surface area (Å²) in [5.74, 6) is 0. The third-order valence-electron chi connectivity index (χ3n) is 4.31. The molecule has 0 fully saturated rings. The number of fused-ring (bicyclic) bond motifs is 1. The Hall–Kier alpha value is -1.28. The number of benzene rings is 1. The first kappa shape index (κ1) is 16.1. The normalized spacial score (nSPS) is 11.3. The predicted octanol–water partition coefficient (Wildman–Crippen LogP) is 4.96. The zero-order valence-corrected chi connectivity index (χ0v) is 13.5. The Morgan fingerprint density at radius 1 is 0.952 bits per heavy atom. The van der Waals surface area contributed by atoms with E-state index < -0.39 is 0 Å². The van der Waals surface area contributed by atoms with Gasteiger partial charge in [-0.15, -0.1) is 0 Å². The topological polar surface area (TPSA) is 41.8 Å². The molecule has 0 saturated heterocycles. The molecule has 0 spiro atoms. The molecule has 0 aliphatic rings. The van der Waals surface area contributed by atoms with E-state index in [2.05, 4.69) is 36.3 Å². The molecule has 2 rings (SSSR count). The lowest BCUT2D eigenvalue weighted by atomic mass is 10.0. The fourth-order valence-corrected chi connectivity index (χ4v) is 3.03. The van der Waals surface area contributed by atoms with Crippen LogP contribution in [0.1, 0.15) is 63.0 Å². The van der Waals surface area contributed by atoms with E-state index in [1.807, 2.05) is 0 Å². The van der Waals surface area contributed by atoms with Crippen molar-refractivity contribution in [2.75, 3.05) is 6.54 Å². The summed E-state index contributed by atoms with van der Waals surface area (Å²) in [4.78, 5) is 3.34. The average molecular weight is 286 g/mol. The van der Waals surface area contributed by atoms with Crippen LogP contribution in [0, 0.1) is 0 Å². The molecule has 1 aromatic carbocycles. The van der Waals surface area contributed by atoms with Gasteiger partial charge in [0.05, 0.1) is 0 Å². The summed E-state index contributed by atoms with van der Waals surface area (Å²) in [6.07, 6.45) is 13.9. The van der Waals surface area contributed by atoms with Crippen LogP contribution in [0.15, 0.2) is 24.4 Å². The van der Waals surface area contributed by atoms with Crippen LogP contribution in [-0.4, -0.2) is 11.5 Å². The minimum absolute atomic E-state index is 0.717. The van der Waals surface area contributed by atoms with Crippen molar-refractivity contribution in [3.05, 3.63) is 35.5 Å². The van der Waals surface area contributed by atoms with Gasteiger partial charge in [-0.1, -0.05) is 51.5 Å². The summed E-state index contributed by atoms with van der Waals surface area (Å²) < 4.78 is 0. The maximum atomic E-state index is 5.68. The van der Waals surface area contributed by atoms with Crippen LogP contribution < -0.4 is 5.73 Å². The summed E-state index contributed by atoms with van der Waals surface area (Å²) in [6.45, 7) is 2.99. The van der Waals surface area contributed by atoms with Crippen molar-refractivity contribution in [3.8, 4) is 0 Å². The SMILES string of the molecule is CCCCCCCCCc1ccc2[nH]cc(CCN)c2c1. The summed E-state index contributed by atoms with van der Waals surface area (Å²) >= 11 is 0. The largest absolute Gasteiger partial charge is 0.361 e. The molecule has 0 bridgehead atoms. The summed E-state index contributed by atoms with van der Waals surface area (Å²) in [7, 11) is 0. The molecule has 0 aliphatic carbocycles. The number of aromatic amines is 1. The molecule has 21 heavy (non-hydrogen) atoms. The maximum Gasteiger partial charge on any atom is 0.0456 e. The lowest BCUT2D eigenvalue weighted by molar-refractivity contribution is 0.589. The summed E-state index contributed by atoms with van der Waals surface area (Å²) in [5, 5.41) is 1.36. The molecule has 2 aromatic rings. The van der Waals surface area contributed by atoms with Crippen molar-refractivity contribution in [2.45, 2.75) is 64.7 Å². The van der Waals surface area contributed by atoms with E-state index >= 15 is 0 Å². The van der Waals surface area contributed by atoms with Crippen LogP contribution in [0.4, 0.5) is 0 Å². The lowest BCUT2D eigenvalue weighted by Gasteiger charge is -2.04. The highest BCUT2D eigenvalue weighted by Crippen LogP contribution is 2.21. The van der Waals surface area contributed by atoms with Crippen molar-refractivity contribution in [2.24, 2.45) is 5.73 Å². The molecule has 0 saturated carbocycles. The zero-order chi connectivity index (χ0) is 14.9. The first-order valence-electron chi connectivity index (χ1n) is 8.64. The van der Waals surface area contributed by atoms with Gasteiger partial charge in [-0.2, -0.15) is 0 Å². The first-order chi connectivity index (χ1) is 10.3. The predicted molar refractivity (Wildman–Crippen MR) is 92.8 cm³/mol. The number of H-pyrrole nitrogens is 1. The number of aromatic nitrogens is 1. The fraction of sp³-hybridized carbons (Fsp3) is 0.579. The smallest absolute Gasteiger partial charge is 0.0456 e. The van der Waals surface area contributed by atoms with E-state index in [0.29, 0.717) is 0 Å². The summed E-state index contributed by atoms with van der Waals surface area (Å²) in [5.41, 5.74) is 9.74. The van der Waals surface area contributed by atoms with Gasteiger partial charge in [-0.25, -0.2) is 0 Å². The van der Waals surface area contributed by atoms with Crippen molar-refractivity contribution in [3.63, 3.8) is 0 Å². The number of rotatable bonds is 10. The number of hydrogen-bond donors (Lipinski definition) is 2. The van der Waals surface area contributed by atoms with Crippen LogP contribution >= 0.6 is 0 Å². The van der Waals surface area contributed by atoms with Crippen LogP contribution in [-0.2, 0) is 12.8 Å². The second-order valence-electron chi connectivity index (χ2n) is 6.10. The molecule has 1 aromatic heterocycles. The van der Waals surface area contributed by atoms with E-state index in [4.69, 9.17) is 5.73 Å². The molecule has 2 nitrogen and oxygen atoms in total. The van der Waals surface area contributed by atoms with Crippen molar-refractivity contribution < 1.29 is 0 Å². The Morgan fingerprint density at radius 2 is 1.71 bits per heavy atom. The molecule has 0 amide bonds. The Morgan fingerprint density at radius 3 is 2.48 bits per heavy atom. The number of nitrogens with one attached hydrogen (secondary N) is 1. The second kappa shape index (κ2) is 8.89. The molecule has 1 heterocycles. The van der Waals surface area contributed by atoms with Crippen molar-refractivity contribution in [1.82, 2.24) is 4.98 Å². The van der Waals surface area contributed by atoms with Gasteiger partial charge in [0.15, 0.2) is 0 Å². The molecular formula is C19H30N2. The lowest BCUT2D eigenvalue weighted by Crippen LogP contribution is -2.01. The average Bonchev–Trinajstić information content (AvgIpc) is 2.89. The quantitative estimate of drug-likeness (QED) is 0.595. The van der Waals surface area contributed by atoms with Gasteiger partial charge in [-0.3, -0.25) is 0 Å². The van der Waals surface area contributed by atoms with Crippen LogP contribution in [0.5, 0.6) is 0 Å². The highest BCUT2D eigenvalue weighted by atomic mass is 14.7. The Labute approximate surface area is 129 Å². The number of hydrogen-bond acceptors (Lipinski definition) is 1. The summed E-state index contributed by atoms with van der Waals surface area (Å²) in [6, 6.07) is 6.84. The highest BCUT2D eigenvalue weighted by molar-refractivity contribution is 5.83. The van der Waals surface area contributed by atoms with Gasteiger partial charge in [-0.05, 0) is 49.1 Å².